The lowest BCUT2D eigenvalue weighted by Gasteiger charge is -2.13. The third-order valence-corrected chi connectivity index (χ3v) is 5.15. The van der Waals surface area contributed by atoms with Gasteiger partial charge < -0.3 is 9.88 Å². The number of carbonyl (C=O) groups excluding carboxylic acids is 1. The molecular weight excluding hydrogens is 346 g/mol. The second kappa shape index (κ2) is 8.58. The van der Waals surface area contributed by atoms with Crippen molar-refractivity contribution in [2.75, 3.05) is 0 Å². The normalized spacial score (nSPS) is 13.7. The number of nitriles is 1. The van der Waals surface area contributed by atoms with E-state index >= 15 is 0 Å². The van der Waals surface area contributed by atoms with Crippen LogP contribution in [0.15, 0.2) is 66.4 Å². The van der Waals surface area contributed by atoms with Crippen molar-refractivity contribution >= 4 is 22.9 Å². The molecule has 2 aromatic carbocycles. The molecule has 0 saturated carbocycles. The minimum absolute atomic E-state index is 0.106. The van der Waals surface area contributed by atoms with Crippen LogP contribution in [0.1, 0.15) is 50.4 Å². The van der Waals surface area contributed by atoms with Gasteiger partial charge in [-0.25, -0.2) is 0 Å². The van der Waals surface area contributed by atoms with E-state index in [0.29, 0.717) is 6.04 Å². The van der Waals surface area contributed by atoms with Crippen LogP contribution in [0.3, 0.4) is 0 Å². The largest absolute Gasteiger partial charge is 0.345 e. The van der Waals surface area contributed by atoms with E-state index in [1.807, 2.05) is 61.7 Å². The average molecular weight is 371 g/mol. The standard InChI is InChI=1S/C24H25N3O/c1-4-17(2)27-16-21(22-12-8-9-13-23(22)27)14-20(15-25)24(28)26-18(3)19-10-6-5-7-11-19/h5-14,16-18H,4H2,1-3H3,(H,26,28)/b20-14-/t17-,18-/m1/s1. The number of hydrogen-bond donors (Lipinski definition) is 1. The first kappa shape index (κ1) is 19.4. The van der Waals surface area contributed by atoms with Crippen molar-refractivity contribution in [1.29, 1.82) is 5.26 Å². The minimum Gasteiger partial charge on any atom is -0.345 e. The van der Waals surface area contributed by atoms with Crippen LogP contribution in [0.25, 0.3) is 17.0 Å². The number of para-hydroxylation sites is 1. The van der Waals surface area contributed by atoms with Gasteiger partial charge in [0.2, 0.25) is 0 Å². The van der Waals surface area contributed by atoms with Crippen LogP contribution >= 0.6 is 0 Å². The molecule has 0 fully saturated rings. The van der Waals surface area contributed by atoms with E-state index in [1.54, 1.807) is 6.08 Å². The van der Waals surface area contributed by atoms with Crippen molar-refractivity contribution in [3.63, 3.8) is 0 Å². The first-order valence-corrected chi connectivity index (χ1v) is 9.62. The van der Waals surface area contributed by atoms with Gasteiger partial charge in [-0.1, -0.05) is 55.5 Å². The van der Waals surface area contributed by atoms with Crippen LogP contribution in [0.4, 0.5) is 0 Å². The smallest absolute Gasteiger partial charge is 0.262 e. The third kappa shape index (κ3) is 3.99. The van der Waals surface area contributed by atoms with E-state index in [0.717, 1.165) is 28.5 Å². The fourth-order valence-electron chi connectivity index (χ4n) is 3.31. The first-order valence-electron chi connectivity index (χ1n) is 9.62. The van der Waals surface area contributed by atoms with Crippen molar-refractivity contribution < 1.29 is 4.79 Å². The highest BCUT2D eigenvalue weighted by molar-refractivity contribution is 6.04. The number of nitrogens with one attached hydrogen (secondary N) is 1. The predicted molar refractivity (Wildman–Crippen MR) is 114 cm³/mol. The Bertz CT molecular complexity index is 1040. The molecule has 3 aromatic rings. The number of fused-ring (bicyclic) bond motifs is 1. The number of nitrogens with zero attached hydrogens (tertiary/aromatic N) is 2. The zero-order valence-corrected chi connectivity index (χ0v) is 16.5. The molecule has 0 radical (unpaired) electrons. The molecule has 0 aliphatic heterocycles. The topological polar surface area (TPSA) is 57.8 Å². The van der Waals surface area contributed by atoms with E-state index in [1.165, 1.54) is 0 Å². The van der Waals surface area contributed by atoms with E-state index in [-0.39, 0.29) is 17.5 Å². The molecule has 3 rings (SSSR count). The lowest BCUT2D eigenvalue weighted by molar-refractivity contribution is -0.117. The van der Waals surface area contributed by atoms with Crippen LogP contribution in [0.5, 0.6) is 0 Å². The van der Waals surface area contributed by atoms with Crippen molar-refractivity contribution in [3.8, 4) is 6.07 Å². The molecule has 142 valence electrons. The Morgan fingerprint density at radius 3 is 2.50 bits per heavy atom. The molecule has 1 amide bonds. The van der Waals surface area contributed by atoms with E-state index in [2.05, 4.69) is 35.9 Å². The maximum absolute atomic E-state index is 12.7. The van der Waals surface area contributed by atoms with Gasteiger partial charge in [-0.15, -0.1) is 0 Å². The monoisotopic (exact) mass is 371 g/mol. The zero-order chi connectivity index (χ0) is 20.1. The molecule has 0 aliphatic carbocycles. The van der Waals surface area contributed by atoms with Crippen LogP contribution in [0.2, 0.25) is 0 Å². The number of hydrogen-bond acceptors (Lipinski definition) is 2. The summed E-state index contributed by atoms with van der Waals surface area (Å²) in [6, 6.07) is 20.0. The third-order valence-electron chi connectivity index (χ3n) is 5.15. The van der Waals surface area contributed by atoms with Gasteiger partial charge >= 0.3 is 0 Å². The molecule has 0 bridgehead atoms. The molecule has 1 aromatic heterocycles. The van der Waals surface area contributed by atoms with Gasteiger partial charge in [0.1, 0.15) is 11.6 Å². The highest BCUT2D eigenvalue weighted by Gasteiger charge is 2.16. The Morgan fingerprint density at radius 1 is 1.14 bits per heavy atom. The highest BCUT2D eigenvalue weighted by Crippen LogP contribution is 2.27. The predicted octanol–water partition coefficient (Wildman–Crippen LogP) is 5.40. The summed E-state index contributed by atoms with van der Waals surface area (Å²) in [7, 11) is 0. The summed E-state index contributed by atoms with van der Waals surface area (Å²) < 4.78 is 2.21. The van der Waals surface area contributed by atoms with Gasteiger partial charge in [-0.05, 0) is 38.0 Å². The SMILES string of the molecule is CC[C@@H](C)n1cc(/C=C(/C#N)C(=O)N[C@H](C)c2ccccc2)c2ccccc21. The van der Waals surface area contributed by atoms with E-state index in [4.69, 9.17) is 0 Å². The number of carbonyl (C=O) groups is 1. The van der Waals surface area contributed by atoms with Crippen LogP contribution in [-0.2, 0) is 4.79 Å². The number of rotatable bonds is 6. The van der Waals surface area contributed by atoms with Crippen molar-refractivity contribution in [3.05, 3.63) is 77.5 Å². The molecular formula is C24H25N3O. The van der Waals surface area contributed by atoms with Gasteiger partial charge in [0.05, 0.1) is 6.04 Å². The Balaban J connectivity index is 1.92. The van der Waals surface area contributed by atoms with Gasteiger partial charge in [0.25, 0.3) is 5.91 Å². The highest BCUT2D eigenvalue weighted by atomic mass is 16.1. The maximum Gasteiger partial charge on any atom is 0.262 e. The molecule has 0 aliphatic rings. The van der Waals surface area contributed by atoms with Crippen molar-refractivity contribution in [2.24, 2.45) is 0 Å². The van der Waals surface area contributed by atoms with E-state index < -0.39 is 0 Å². The Labute approximate surface area is 166 Å². The molecule has 4 heteroatoms. The number of aromatic nitrogens is 1. The van der Waals surface area contributed by atoms with Crippen molar-refractivity contribution in [1.82, 2.24) is 9.88 Å². The molecule has 0 unspecified atom stereocenters. The van der Waals surface area contributed by atoms with Crippen LogP contribution in [-0.4, -0.2) is 10.5 Å². The summed E-state index contributed by atoms with van der Waals surface area (Å²) in [5.74, 6) is -0.362. The molecule has 1 N–H and O–H groups in total. The molecule has 2 atom stereocenters. The summed E-state index contributed by atoms with van der Waals surface area (Å²) >= 11 is 0. The Hall–Kier alpha value is -3.32. The van der Waals surface area contributed by atoms with Gasteiger partial charge in [-0.2, -0.15) is 5.26 Å². The second-order valence-electron chi connectivity index (χ2n) is 7.04. The molecule has 28 heavy (non-hydrogen) atoms. The fourth-order valence-corrected chi connectivity index (χ4v) is 3.31. The van der Waals surface area contributed by atoms with Gasteiger partial charge in [0, 0.05) is 28.7 Å². The molecule has 0 spiro atoms. The fraction of sp³-hybridized carbons (Fsp3) is 0.250. The summed E-state index contributed by atoms with van der Waals surface area (Å²) in [5, 5.41) is 13.6. The minimum atomic E-state index is -0.362. The van der Waals surface area contributed by atoms with Crippen LogP contribution < -0.4 is 5.32 Å². The first-order chi connectivity index (χ1) is 13.5. The molecule has 4 nitrogen and oxygen atoms in total. The lowest BCUT2D eigenvalue weighted by atomic mass is 10.1. The maximum atomic E-state index is 12.7. The van der Waals surface area contributed by atoms with E-state index in [9.17, 15) is 10.1 Å². The summed E-state index contributed by atoms with van der Waals surface area (Å²) in [5.41, 5.74) is 3.10. The summed E-state index contributed by atoms with van der Waals surface area (Å²) in [4.78, 5) is 12.7. The average Bonchev–Trinajstić information content (AvgIpc) is 3.10. The quantitative estimate of drug-likeness (QED) is 0.466. The van der Waals surface area contributed by atoms with Gasteiger partial charge in [-0.3, -0.25) is 4.79 Å². The molecule has 0 saturated heterocycles. The lowest BCUT2D eigenvalue weighted by Crippen LogP contribution is -2.27. The Morgan fingerprint density at radius 2 is 1.82 bits per heavy atom. The van der Waals surface area contributed by atoms with Crippen molar-refractivity contribution in [2.45, 2.75) is 39.3 Å². The van der Waals surface area contributed by atoms with Crippen LogP contribution in [0, 0.1) is 11.3 Å². The number of amides is 1. The summed E-state index contributed by atoms with van der Waals surface area (Å²) in [6.45, 7) is 6.23. The molecule has 1 heterocycles. The van der Waals surface area contributed by atoms with Gasteiger partial charge in [0.15, 0.2) is 0 Å². The number of benzene rings is 2. The Kier molecular flexibility index (Phi) is 5.96. The second-order valence-corrected chi connectivity index (χ2v) is 7.04. The zero-order valence-electron chi connectivity index (χ0n) is 16.5. The summed E-state index contributed by atoms with van der Waals surface area (Å²) in [6.07, 6.45) is 4.72.